The summed E-state index contributed by atoms with van der Waals surface area (Å²) < 4.78 is 2.74. The van der Waals surface area contributed by atoms with Crippen LogP contribution >= 0.6 is 15.9 Å². The summed E-state index contributed by atoms with van der Waals surface area (Å²) in [6, 6.07) is 1.97. The molecular formula is C10H11BrN4. The van der Waals surface area contributed by atoms with Gasteiger partial charge < -0.3 is 5.73 Å². The Morgan fingerprint density at radius 2 is 2.27 bits per heavy atom. The highest BCUT2D eigenvalue weighted by Crippen LogP contribution is 2.16. The van der Waals surface area contributed by atoms with E-state index < -0.39 is 0 Å². The van der Waals surface area contributed by atoms with Gasteiger partial charge in [0.1, 0.15) is 0 Å². The smallest absolute Gasteiger partial charge is 0.0724 e. The van der Waals surface area contributed by atoms with E-state index in [4.69, 9.17) is 5.73 Å². The molecule has 2 aromatic rings. The molecule has 0 aliphatic carbocycles. The topological polar surface area (TPSA) is 56.7 Å². The Hall–Kier alpha value is -1.20. The summed E-state index contributed by atoms with van der Waals surface area (Å²) in [5.74, 6) is 0. The fraction of sp³-hybridized carbons (Fsp3) is 0.200. The predicted molar refractivity (Wildman–Crippen MR) is 61.7 cm³/mol. The van der Waals surface area contributed by atoms with Crippen molar-refractivity contribution in [3.63, 3.8) is 0 Å². The Labute approximate surface area is 96.3 Å². The lowest BCUT2D eigenvalue weighted by molar-refractivity contribution is 0.849. The summed E-state index contributed by atoms with van der Waals surface area (Å²) in [7, 11) is 0. The van der Waals surface area contributed by atoms with Crippen LogP contribution in [0.5, 0.6) is 0 Å². The number of hydrogen-bond donors (Lipinski definition) is 1. The van der Waals surface area contributed by atoms with Gasteiger partial charge in [-0.3, -0.25) is 4.98 Å². The van der Waals surface area contributed by atoms with Gasteiger partial charge in [-0.25, -0.2) is 4.68 Å². The van der Waals surface area contributed by atoms with Crippen molar-refractivity contribution in [2.45, 2.75) is 13.5 Å². The molecule has 5 heteroatoms. The molecule has 0 radical (unpaired) electrons. The second-order valence-corrected chi connectivity index (χ2v) is 4.18. The second-order valence-electron chi connectivity index (χ2n) is 3.26. The van der Waals surface area contributed by atoms with E-state index in [0.717, 1.165) is 21.4 Å². The Bertz CT molecular complexity index is 478. The van der Waals surface area contributed by atoms with Crippen LogP contribution in [0.25, 0.3) is 5.69 Å². The zero-order valence-electron chi connectivity index (χ0n) is 8.31. The first-order valence-electron chi connectivity index (χ1n) is 4.57. The van der Waals surface area contributed by atoms with Gasteiger partial charge in [-0.15, -0.1) is 0 Å². The number of pyridine rings is 1. The summed E-state index contributed by atoms with van der Waals surface area (Å²) >= 11 is 3.36. The van der Waals surface area contributed by atoms with Crippen molar-refractivity contribution in [2.75, 3.05) is 0 Å². The molecule has 15 heavy (non-hydrogen) atoms. The number of nitrogens with two attached hydrogens (primary N) is 1. The number of hydrogen-bond acceptors (Lipinski definition) is 3. The molecule has 2 N–H and O–H groups in total. The van der Waals surface area contributed by atoms with Gasteiger partial charge >= 0.3 is 0 Å². The average Bonchev–Trinajstić information content (AvgIpc) is 2.65. The summed E-state index contributed by atoms with van der Waals surface area (Å²) in [6.07, 6.45) is 5.43. The molecule has 0 aromatic carbocycles. The maximum atomic E-state index is 5.65. The van der Waals surface area contributed by atoms with Crippen LogP contribution in [-0.4, -0.2) is 14.8 Å². The largest absolute Gasteiger partial charge is 0.326 e. The molecule has 0 aliphatic rings. The molecule has 0 saturated carbocycles. The van der Waals surface area contributed by atoms with Crippen molar-refractivity contribution in [1.29, 1.82) is 0 Å². The summed E-state index contributed by atoms with van der Waals surface area (Å²) in [4.78, 5) is 4.21. The fourth-order valence-electron chi connectivity index (χ4n) is 1.38. The quantitative estimate of drug-likeness (QED) is 0.902. The first kappa shape index (κ1) is 10.3. The van der Waals surface area contributed by atoms with Gasteiger partial charge in [0.05, 0.1) is 16.4 Å². The lowest BCUT2D eigenvalue weighted by Crippen LogP contribution is -2.06. The Balaban J connectivity index is 2.55. The van der Waals surface area contributed by atoms with E-state index in [1.807, 2.05) is 19.2 Å². The van der Waals surface area contributed by atoms with E-state index >= 15 is 0 Å². The molecule has 0 unspecified atom stereocenters. The van der Waals surface area contributed by atoms with Crippen LogP contribution in [0, 0.1) is 6.92 Å². The number of aromatic nitrogens is 3. The Morgan fingerprint density at radius 3 is 2.87 bits per heavy atom. The fourth-order valence-corrected chi connectivity index (χ4v) is 1.66. The van der Waals surface area contributed by atoms with Gasteiger partial charge in [0.15, 0.2) is 0 Å². The molecule has 0 amide bonds. The summed E-state index contributed by atoms with van der Waals surface area (Å²) in [5.41, 5.74) is 8.57. The minimum atomic E-state index is 0.458. The first-order chi connectivity index (χ1) is 7.20. The number of rotatable bonds is 2. The van der Waals surface area contributed by atoms with E-state index in [2.05, 4.69) is 26.0 Å². The van der Waals surface area contributed by atoms with Crippen molar-refractivity contribution in [3.05, 3.63) is 40.4 Å². The lowest BCUT2D eigenvalue weighted by Gasteiger charge is -2.07. The van der Waals surface area contributed by atoms with Crippen LogP contribution in [0.15, 0.2) is 29.1 Å². The molecule has 0 saturated heterocycles. The van der Waals surface area contributed by atoms with Crippen LogP contribution in [-0.2, 0) is 6.54 Å². The zero-order valence-corrected chi connectivity index (χ0v) is 9.90. The number of aryl methyl sites for hydroxylation is 1. The lowest BCUT2D eigenvalue weighted by atomic mass is 10.2. The molecule has 0 bridgehead atoms. The summed E-state index contributed by atoms with van der Waals surface area (Å²) in [6.45, 7) is 2.41. The van der Waals surface area contributed by atoms with Crippen molar-refractivity contribution < 1.29 is 0 Å². The van der Waals surface area contributed by atoms with Gasteiger partial charge in [0, 0.05) is 30.2 Å². The van der Waals surface area contributed by atoms with E-state index in [0.29, 0.717) is 6.54 Å². The maximum Gasteiger partial charge on any atom is 0.0724 e. The molecule has 2 aromatic heterocycles. The standard InChI is InChI=1S/C10H11BrN4/c1-7-2-10(8(3-12)4-13-7)15-6-9(11)5-14-15/h2,4-6H,3,12H2,1H3. The number of nitrogens with zero attached hydrogens (tertiary/aromatic N) is 3. The van der Waals surface area contributed by atoms with Gasteiger partial charge in [0.25, 0.3) is 0 Å². The van der Waals surface area contributed by atoms with Gasteiger partial charge in [-0.05, 0) is 28.9 Å². The van der Waals surface area contributed by atoms with Crippen molar-refractivity contribution >= 4 is 15.9 Å². The first-order valence-corrected chi connectivity index (χ1v) is 5.36. The summed E-state index contributed by atoms with van der Waals surface area (Å²) in [5, 5.41) is 4.22. The van der Waals surface area contributed by atoms with E-state index in [-0.39, 0.29) is 0 Å². The molecule has 0 aliphatic heterocycles. The minimum Gasteiger partial charge on any atom is -0.326 e. The van der Waals surface area contributed by atoms with Gasteiger partial charge in [-0.1, -0.05) is 0 Å². The van der Waals surface area contributed by atoms with E-state index in [9.17, 15) is 0 Å². The van der Waals surface area contributed by atoms with Gasteiger partial charge in [0.2, 0.25) is 0 Å². The third-order valence-electron chi connectivity index (χ3n) is 2.12. The molecule has 2 rings (SSSR count). The van der Waals surface area contributed by atoms with E-state index in [1.165, 1.54) is 0 Å². The minimum absolute atomic E-state index is 0.458. The predicted octanol–water partition coefficient (Wildman–Crippen LogP) is 1.80. The molecular weight excluding hydrogens is 256 g/mol. The monoisotopic (exact) mass is 266 g/mol. The number of halogens is 1. The normalized spacial score (nSPS) is 10.6. The molecule has 0 atom stereocenters. The Kier molecular flexibility index (Phi) is 2.83. The third-order valence-corrected chi connectivity index (χ3v) is 2.53. The molecule has 0 spiro atoms. The zero-order chi connectivity index (χ0) is 10.8. The van der Waals surface area contributed by atoms with Crippen LogP contribution in [0.4, 0.5) is 0 Å². The highest BCUT2D eigenvalue weighted by atomic mass is 79.9. The molecule has 0 fully saturated rings. The third kappa shape index (κ3) is 2.08. The van der Waals surface area contributed by atoms with Crippen molar-refractivity contribution in [3.8, 4) is 5.69 Å². The molecule has 4 nitrogen and oxygen atoms in total. The highest BCUT2D eigenvalue weighted by molar-refractivity contribution is 9.10. The van der Waals surface area contributed by atoms with Crippen LogP contribution in [0.3, 0.4) is 0 Å². The highest BCUT2D eigenvalue weighted by Gasteiger charge is 2.05. The van der Waals surface area contributed by atoms with Crippen molar-refractivity contribution in [2.24, 2.45) is 5.73 Å². The van der Waals surface area contributed by atoms with E-state index in [1.54, 1.807) is 17.1 Å². The second kappa shape index (κ2) is 4.12. The van der Waals surface area contributed by atoms with Crippen LogP contribution in [0.1, 0.15) is 11.3 Å². The van der Waals surface area contributed by atoms with Crippen LogP contribution < -0.4 is 5.73 Å². The molecule has 2 heterocycles. The van der Waals surface area contributed by atoms with Gasteiger partial charge in [-0.2, -0.15) is 5.10 Å². The average molecular weight is 267 g/mol. The van der Waals surface area contributed by atoms with Crippen molar-refractivity contribution in [1.82, 2.24) is 14.8 Å². The molecule has 78 valence electrons. The maximum absolute atomic E-state index is 5.65. The Morgan fingerprint density at radius 1 is 1.47 bits per heavy atom. The SMILES string of the molecule is Cc1cc(-n2cc(Br)cn2)c(CN)cn1. The van der Waals surface area contributed by atoms with Crippen LogP contribution in [0.2, 0.25) is 0 Å².